The van der Waals surface area contributed by atoms with E-state index in [4.69, 9.17) is 11.6 Å². The van der Waals surface area contributed by atoms with Gasteiger partial charge in [0.1, 0.15) is 0 Å². The minimum absolute atomic E-state index is 0.0270. The molecule has 3 heterocycles. The van der Waals surface area contributed by atoms with E-state index in [1.54, 1.807) is 36.4 Å². The van der Waals surface area contributed by atoms with Gasteiger partial charge >= 0.3 is 0 Å². The third-order valence-electron chi connectivity index (χ3n) is 7.17. The smallest absolute Gasteiger partial charge is 0.256 e. The maximum Gasteiger partial charge on any atom is 0.256 e. The highest BCUT2D eigenvalue weighted by molar-refractivity contribution is 7.90. The van der Waals surface area contributed by atoms with Crippen LogP contribution >= 0.6 is 11.6 Å². The molecule has 2 N–H and O–H groups in total. The second-order valence-electron chi connectivity index (χ2n) is 9.86. The van der Waals surface area contributed by atoms with Crippen LogP contribution in [-0.4, -0.2) is 68.2 Å². The highest BCUT2D eigenvalue weighted by Crippen LogP contribution is 2.36. The van der Waals surface area contributed by atoms with Crippen molar-refractivity contribution in [3.05, 3.63) is 81.1 Å². The molecule has 2 aliphatic heterocycles. The molecule has 0 atom stereocenters. The molecule has 3 aromatic rings. The second-order valence-corrected chi connectivity index (χ2v) is 12.3. The largest absolute Gasteiger partial charge is 0.358 e. The highest BCUT2D eigenvalue weighted by atomic mass is 35.5. The zero-order valence-electron chi connectivity index (χ0n) is 21.5. The molecule has 2 aromatic carbocycles. The number of rotatable bonds is 5. The van der Waals surface area contributed by atoms with Gasteiger partial charge in [0.05, 0.1) is 21.8 Å². The summed E-state index contributed by atoms with van der Waals surface area (Å²) in [7, 11) is -1.63. The van der Waals surface area contributed by atoms with E-state index in [1.807, 2.05) is 25.8 Å². The molecule has 1 aromatic heterocycles. The Kier molecular flexibility index (Phi) is 6.94. The molecule has 0 radical (unpaired) electrons. The van der Waals surface area contributed by atoms with Gasteiger partial charge in [-0.2, -0.15) is 0 Å². The maximum atomic E-state index is 13.3. The first-order valence-electron chi connectivity index (χ1n) is 12.3. The minimum atomic E-state index is -3.67. The average Bonchev–Trinajstić information content (AvgIpc) is 3.34. The van der Waals surface area contributed by atoms with E-state index in [1.165, 1.54) is 12.1 Å². The zero-order chi connectivity index (χ0) is 27.2. The van der Waals surface area contributed by atoms with Gasteiger partial charge in [-0.15, -0.1) is 0 Å². The van der Waals surface area contributed by atoms with Gasteiger partial charge in [-0.1, -0.05) is 23.7 Å². The number of nitrogens with one attached hydrogen (secondary N) is 2. The van der Waals surface area contributed by atoms with E-state index in [9.17, 15) is 18.0 Å². The van der Waals surface area contributed by atoms with E-state index < -0.39 is 9.84 Å². The summed E-state index contributed by atoms with van der Waals surface area (Å²) < 4.78 is 26.3. The van der Waals surface area contributed by atoms with Gasteiger partial charge in [0.2, 0.25) is 0 Å². The number of H-pyrrole nitrogens is 1. The van der Waals surface area contributed by atoms with Gasteiger partial charge in [0, 0.05) is 53.8 Å². The molecule has 38 heavy (non-hydrogen) atoms. The van der Waals surface area contributed by atoms with Crippen molar-refractivity contribution in [1.82, 2.24) is 14.8 Å². The topological polar surface area (TPSA) is 103 Å². The monoisotopic (exact) mass is 552 g/mol. The van der Waals surface area contributed by atoms with Crippen LogP contribution in [0.4, 0.5) is 5.69 Å². The van der Waals surface area contributed by atoms with Crippen LogP contribution in [0, 0.1) is 13.8 Å². The molecule has 0 unspecified atom stereocenters. The van der Waals surface area contributed by atoms with Crippen LogP contribution < -0.4 is 5.32 Å². The number of aromatic nitrogens is 1. The van der Waals surface area contributed by atoms with Crippen LogP contribution in [0.25, 0.3) is 11.6 Å². The Morgan fingerprint density at radius 1 is 1.05 bits per heavy atom. The zero-order valence-corrected chi connectivity index (χ0v) is 23.0. The summed E-state index contributed by atoms with van der Waals surface area (Å²) in [6, 6.07) is 11.3. The molecule has 198 valence electrons. The van der Waals surface area contributed by atoms with Crippen molar-refractivity contribution in [3.8, 4) is 0 Å². The van der Waals surface area contributed by atoms with Crippen LogP contribution in [0.3, 0.4) is 0 Å². The van der Waals surface area contributed by atoms with Crippen molar-refractivity contribution < 1.29 is 18.0 Å². The van der Waals surface area contributed by atoms with Crippen molar-refractivity contribution >= 4 is 50.6 Å². The average molecular weight is 553 g/mol. The predicted octanol–water partition coefficient (Wildman–Crippen LogP) is 4.14. The number of carbonyl (C=O) groups excluding carboxylic acids is 2. The predicted molar refractivity (Wildman–Crippen MR) is 149 cm³/mol. The van der Waals surface area contributed by atoms with Gasteiger partial charge in [0.15, 0.2) is 9.84 Å². The number of aromatic amines is 1. The number of carbonyl (C=O) groups is 2. The van der Waals surface area contributed by atoms with Crippen molar-refractivity contribution in [2.24, 2.45) is 0 Å². The summed E-state index contributed by atoms with van der Waals surface area (Å²) in [5.74, 6) is -0.539. The molecule has 0 saturated carbocycles. The third kappa shape index (κ3) is 5.01. The van der Waals surface area contributed by atoms with Crippen LogP contribution in [0.2, 0.25) is 5.02 Å². The Morgan fingerprint density at radius 3 is 2.42 bits per heavy atom. The summed E-state index contributed by atoms with van der Waals surface area (Å²) in [6.07, 6.45) is 1.69. The van der Waals surface area contributed by atoms with Gasteiger partial charge in [-0.3, -0.25) is 9.59 Å². The van der Waals surface area contributed by atoms with Crippen molar-refractivity contribution in [2.45, 2.75) is 24.5 Å². The molecule has 0 bridgehead atoms. The number of sulfone groups is 1. The standard InChI is InChI=1S/C28H29ClN4O4S/c1-17-25(30-18(2)26(17)28(35)33-12-10-32(3)11-13-33)15-23-22-14-21(8-9-24(22)31-27(23)34)38(36,37)16-19-4-6-20(29)7-5-19/h4-9,14-15,30H,10-13,16H2,1-3H3,(H,31,34)/b23-15-. The lowest BCUT2D eigenvalue weighted by Gasteiger charge is -2.32. The number of benzene rings is 2. The number of likely N-dealkylation sites (N-methyl/N-ethyl adjacent to an activating group) is 1. The van der Waals surface area contributed by atoms with E-state index in [0.29, 0.717) is 51.8 Å². The molecule has 0 spiro atoms. The van der Waals surface area contributed by atoms with Crippen LogP contribution in [0.15, 0.2) is 47.4 Å². The number of halogens is 1. The molecular formula is C28H29ClN4O4S. The molecular weight excluding hydrogens is 524 g/mol. The molecule has 2 aliphatic rings. The fourth-order valence-corrected chi connectivity index (χ4v) is 6.44. The Bertz CT molecular complexity index is 1570. The summed E-state index contributed by atoms with van der Waals surface area (Å²) in [5.41, 5.74) is 4.75. The summed E-state index contributed by atoms with van der Waals surface area (Å²) in [4.78, 5) is 33.6. The number of amides is 2. The number of hydrogen-bond donors (Lipinski definition) is 2. The first kappa shape index (κ1) is 26.2. The molecule has 1 saturated heterocycles. The minimum Gasteiger partial charge on any atom is -0.358 e. The SMILES string of the molecule is Cc1[nH]c(/C=C2\C(=O)Nc3ccc(S(=O)(=O)Cc4ccc(Cl)cc4)cc32)c(C)c1C(=O)N1CCN(C)CC1. The third-order valence-corrected chi connectivity index (χ3v) is 9.11. The molecule has 8 nitrogen and oxygen atoms in total. The van der Waals surface area contributed by atoms with Gasteiger partial charge in [0.25, 0.3) is 11.8 Å². The van der Waals surface area contributed by atoms with Crippen LogP contribution in [0.1, 0.15) is 38.4 Å². The second kappa shape index (κ2) is 10.1. The van der Waals surface area contributed by atoms with Crippen molar-refractivity contribution in [2.75, 3.05) is 38.5 Å². The Hall–Kier alpha value is -3.40. The van der Waals surface area contributed by atoms with Crippen LogP contribution in [-0.2, 0) is 20.4 Å². The molecule has 0 aliphatic carbocycles. The molecule has 10 heteroatoms. The Balaban J connectivity index is 1.46. The first-order chi connectivity index (χ1) is 18.0. The number of hydrogen-bond acceptors (Lipinski definition) is 5. The fraction of sp³-hybridized carbons (Fsp3) is 0.286. The lowest BCUT2D eigenvalue weighted by atomic mass is 10.0. The van der Waals surface area contributed by atoms with Crippen molar-refractivity contribution in [1.29, 1.82) is 0 Å². The van der Waals surface area contributed by atoms with Crippen molar-refractivity contribution in [3.63, 3.8) is 0 Å². The van der Waals surface area contributed by atoms with E-state index >= 15 is 0 Å². The number of aryl methyl sites for hydroxylation is 1. The molecule has 5 rings (SSSR count). The number of anilines is 1. The van der Waals surface area contributed by atoms with E-state index in [-0.39, 0.29) is 22.5 Å². The highest BCUT2D eigenvalue weighted by Gasteiger charge is 2.29. The lowest BCUT2D eigenvalue weighted by Crippen LogP contribution is -2.47. The first-order valence-corrected chi connectivity index (χ1v) is 14.4. The van der Waals surface area contributed by atoms with Gasteiger partial charge in [-0.25, -0.2) is 8.42 Å². The van der Waals surface area contributed by atoms with Gasteiger partial charge < -0.3 is 20.1 Å². The summed E-state index contributed by atoms with van der Waals surface area (Å²) >= 11 is 5.92. The maximum absolute atomic E-state index is 13.3. The van der Waals surface area contributed by atoms with E-state index in [2.05, 4.69) is 15.2 Å². The molecule has 2 amide bonds. The Labute approximate surface area is 227 Å². The number of piperazine rings is 1. The number of fused-ring (bicyclic) bond motifs is 1. The Morgan fingerprint density at radius 2 is 1.74 bits per heavy atom. The summed E-state index contributed by atoms with van der Waals surface area (Å²) in [6.45, 7) is 6.69. The summed E-state index contributed by atoms with van der Waals surface area (Å²) in [5, 5.41) is 3.34. The van der Waals surface area contributed by atoms with E-state index in [0.717, 1.165) is 24.3 Å². The van der Waals surface area contributed by atoms with Gasteiger partial charge in [-0.05, 0) is 68.4 Å². The quantitative estimate of drug-likeness (QED) is 0.463. The molecule has 1 fully saturated rings. The fourth-order valence-electron chi connectivity index (χ4n) is 4.94. The van der Waals surface area contributed by atoms with Crippen LogP contribution in [0.5, 0.6) is 0 Å². The normalized spacial score (nSPS) is 17.1. The number of nitrogens with zero attached hydrogens (tertiary/aromatic N) is 2. The lowest BCUT2D eigenvalue weighted by molar-refractivity contribution is -0.110.